The molecule has 0 aliphatic carbocycles. The first-order chi connectivity index (χ1) is 9.13. The molecule has 0 heterocycles. The zero-order chi connectivity index (χ0) is 13.8. The maximum atomic E-state index is 9.15. The molecular weight excluding hydrogens is 326 g/mol. The zero-order valence-corrected chi connectivity index (χ0v) is 12.6. The lowest BCUT2D eigenvalue weighted by Gasteiger charge is -2.10. The highest BCUT2D eigenvalue weighted by atomic mass is 79.9. The molecule has 0 aromatic heterocycles. The standard InChI is InChI=1S/C15H11BrClNO/c1-10-2-4-15(13(17)6-10)19-14-5-3-11(8-16)7-12(14)9-18/h2-7H,8H2,1H3. The Morgan fingerprint density at radius 3 is 2.58 bits per heavy atom. The molecule has 0 bridgehead atoms. The van der Waals surface area contributed by atoms with Gasteiger partial charge in [-0.3, -0.25) is 0 Å². The summed E-state index contributed by atoms with van der Waals surface area (Å²) in [5, 5.41) is 10.4. The molecule has 0 atom stereocenters. The summed E-state index contributed by atoms with van der Waals surface area (Å²) in [6.45, 7) is 1.96. The van der Waals surface area contributed by atoms with E-state index in [9.17, 15) is 0 Å². The number of nitriles is 1. The van der Waals surface area contributed by atoms with Crippen molar-refractivity contribution in [3.8, 4) is 17.6 Å². The Morgan fingerprint density at radius 2 is 1.95 bits per heavy atom. The predicted octanol–water partition coefficient (Wildman–Crippen LogP) is 5.21. The van der Waals surface area contributed by atoms with E-state index in [0.29, 0.717) is 27.4 Å². The second kappa shape index (κ2) is 6.10. The SMILES string of the molecule is Cc1ccc(Oc2ccc(CBr)cc2C#N)c(Cl)c1. The topological polar surface area (TPSA) is 33.0 Å². The predicted molar refractivity (Wildman–Crippen MR) is 80.1 cm³/mol. The second-order valence-electron chi connectivity index (χ2n) is 4.11. The molecule has 2 aromatic carbocycles. The van der Waals surface area contributed by atoms with Crippen LogP contribution >= 0.6 is 27.5 Å². The minimum absolute atomic E-state index is 0.494. The van der Waals surface area contributed by atoms with Crippen LogP contribution < -0.4 is 4.74 Å². The van der Waals surface area contributed by atoms with Gasteiger partial charge >= 0.3 is 0 Å². The molecule has 0 radical (unpaired) electrons. The van der Waals surface area contributed by atoms with Crippen molar-refractivity contribution in [2.24, 2.45) is 0 Å². The van der Waals surface area contributed by atoms with Crippen molar-refractivity contribution in [3.63, 3.8) is 0 Å². The van der Waals surface area contributed by atoms with Crippen LogP contribution in [0.3, 0.4) is 0 Å². The van der Waals surface area contributed by atoms with Crippen LogP contribution in [0.2, 0.25) is 5.02 Å². The monoisotopic (exact) mass is 335 g/mol. The van der Waals surface area contributed by atoms with Crippen molar-refractivity contribution in [2.75, 3.05) is 0 Å². The molecule has 2 aromatic rings. The number of halogens is 2. The van der Waals surface area contributed by atoms with E-state index in [1.807, 2.05) is 25.1 Å². The maximum Gasteiger partial charge on any atom is 0.146 e. The van der Waals surface area contributed by atoms with Crippen molar-refractivity contribution < 1.29 is 4.74 Å². The minimum atomic E-state index is 0.494. The first-order valence-electron chi connectivity index (χ1n) is 5.67. The van der Waals surface area contributed by atoms with Crippen molar-refractivity contribution in [2.45, 2.75) is 12.3 Å². The van der Waals surface area contributed by atoms with Gasteiger partial charge in [-0.15, -0.1) is 0 Å². The summed E-state index contributed by atoms with van der Waals surface area (Å²) in [6.07, 6.45) is 0. The van der Waals surface area contributed by atoms with Crippen LogP contribution in [0.4, 0.5) is 0 Å². The van der Waals surface area contributed by atoms with Crippen LogP contribution in [0.1, 0.15) is 16.7 Å². The van der Waals surface area contributed by atoms with Gasteiger partial charge in [0.1, 0.15) is 17.6 Å². The average molecular weight is 337 g/mol. The molecular formula is C15H11BrClNO. The van der Waals surface area contributed by atoms with Gasteiger partial charge in [0.2, 0.25) is 0 Å². The zero-order valence-electron chi connectivity index (χ0n) is 10.3. The van der Waals surface area contributed by atoms with Gasteiger partial charge < -0.3 is 4.74 Å². The highest BCUT2D eigenvalue weighted by Crippen LogP contribution is 2.32. The van der Waals surface area contributed by atoms with Gasteiger partial charge in [0.15, 0.2) is 0 Å². The number of nitrogens with zero attached hydrogens (tertiary/aromatic N) is 1. The fourth-order valence-electron chi connectivity index (χ4n) is 1.64. The summed E-state index contributed by atoms with van der Waals surface area (Å²) < 4.78 is 5.72. The van der Waals surface area contributed by atoms with Crippen LogP contribution in [-0.2, 0) is 5.33 Å². The number of benzene rings is 2. The molecule has 0 saturated carbocycles. The number of ether oxygens (including phenoxy) is 1. The molecule has 2 nitrogen and oxygen atoms in total. The van der Waals surface area contributed by atoms with Gasteiger partial charge in [-0.1, -0.05) is 39.7 Å². The Bertz CT molecular complexity index is 649. The van der Waals surface area contributed by atoms with Crippen LogP contribution in [-0.4, -0.2) is 0 Å². The fourth-order valence-corrected chi connectivity index (χ4v) is 2.27. The third kappa shape index (κ3) is 3.28. The van der Waals surface area contributed by atoms with Crippen LogP contribution in [0.25, 0.3) is 0 Å². The molecule has 0 saturated heterocycles. The molecule has 0 amide bonds. The highest BCUT2D eigenvalue weighted by Gasteiger charge is 2.08. The summed E-state index contributed by atoms with van der Waals surface area (Å²) >= 11 is 9.48. The Morgan fingerprint density at radius 1 is 1.21 bits per heavy atom. The molecule has 0 N–H and O–H groups in total. The van der Waals surface area contributed by atoms with Crippen LogP contribution in [0.15, 0.2) is 36.4 Å². The van der Waals surface area contributed by atoms with Crippen LogP contribution in [0, 0.1) is 18.3 Å². The average Bonchev–Trinajstić information content (AvgIpc) is 2.42. The van der Waals surface area contributed by atoms with Crippen molar-refractivity contribution in [3.05, 3.63) is 58.1 Å². The quantitative estimate of drug-likeness (QED) is 0.721. The lowest BCUT2D eigenvalue weighted by Crippen LogP contribution is -1.91. The largest absolute Gasteiger partial charge is 0.454 e. The third-order valence-corrected chi connectivity index (χ3v) is 3.57. The third-order valence-electron chi connectivity index (χ3n) is 2.63. The van der Waals surface area contributed by atoms with Gasteiger partial charge in [-0.2, -0.15) is 5.26 Å². The molecule has 0 aliphatic rings. The number of hydrogen-bond acceptors (Lipinski definition) is 2. The van der Waals surface area contributed by atoms with Gasteiger partial charge in [0.05, 0.1) is 10.6 Å². The van der Waals surface area contributed by atoms with E-state index in [0.717, 1.165) is 11.1 Å². The first-order valence-corrected chi connectivity index (χ1v) is 7.17. The summed E-state index contributed by atoms with van der Waals surface area (Å²) in [7, 11) is 0. The molecule has 4 heteroatoms. The van der Waals surface area contributed by atoms with E-state index >= 15 is 0 Å². The lowest BCUT2D eigenvalue weighted by atomic mass is 10.1. The molecule has 0 spiro atoms. The van der Waals surface area contributed by atoms with E-state index in [4.69, 9.17) is 21.6 Å². The summed E-state index contributed by atoms with van der Waals surface area (Å²) in [5.41, 5.74) is 2.58. The Balaban J connectivity index is 2.35. The Hall–Kier alpha value is -1.50. The number of alkyl halides is 1. The minimum Gasteiger partial charge on any atom is -0.454 e. The van der Waals surface area contributed by atoms with E-state index in [2.05, 4.69) is 22.0 Å². The summed E-state index contributed by atoms with van der Waals surface area (Å²) in [4.78, 5) is 0. The lowest BCUT2D eigenvalue weighted by molar-refractivity contribution is 0.481. The second-order valence-corrected chi connectivity index (χ2v) is 5.08. The summed E-state index contributed by atoms with van der Waals surface area (Å²) in [5.74, 6) is 1.06. The number of hydrogen-bond donors (Lipinski definition) is 0. The van der Waals surface area contributed by atoms with Gasteiger partial charge in [-0.25, -0.2) is 0 Å². The Labute approximate surface area is 125 Å². The van der Waals surface area contributed by atoms with Crippen molar-refractivity contribution in [1.29, 1.82) is 5.26 Å². The number of aryl methyl sites for hydroxylation is 1. The van der Waals surface area contributed by atoms with Crippen LogP contribution in [0.5, 0.6) is 11.5 Å². The highest BCUT2D eigenvalue weighted by molar-refractivity contribution is 9.08. The number of rotatable bonds is 3. The molecule has 0 aliphatic heterocycles. The smallest absolute Gasteiger partial charge is 0.146 e. The first kappa shape index (κ1) is 13.9. The Kier molecular flexibility index (Phi) is 4.47. The molecule has 0 fully saturated rings. The van der Waals surface area contributed by atoms with Gasteiger partial charge in [-0.05, 0) is 42.3 Å². The summed E-state index contributed by atoms with van der Waals surface area (Å²) in [6, 6.07) is 13.2. The van der Waals surface area contributed by atoms with E-state index in [-0.39, 0.29) is 0 Å². The molecule has 2 rings (SSSR count). The van der Waals surface area contributed by atoms with E-state index < -0.39 is 0 Å². The van der Waals surface area contributed by atoms with Gasteiger partial charge in [0, 0.05) is 5.33 Å². The van der Waals surface area contributed by atoms with E-state index in [1.54, 1.807) is 18.2 Å². The molecule has 96 valence electrons. The van der Waals surface area contributed by atoms with Crippen molar-refractivity contribution in [1.82, 2.24) is 0 Å². The van der Waals surface area contributed by atoms with Crippen molar-refractivity contribution >= 4 is 27.5 Å². The fraction of sp³-hybridized carbons (Fsp3) is 0.133. The van der Waals surface area contributed by atoms with Gasteiger partial charge in [0.25, 0.3) is 0 Å². The normalized spacial score (nSPS) is 10.0. The maximum absolute atomic E-state index is 9.15. The van der Waals surface area contributed by atoms with E-state index in [1.165, 1.54) is 0 Å². The molecule has 19 heavy (non-hydrogen) atoms. The molecule has 0 unspecified atom stereocenters.